The summed E-state index contributed by atoms with van der Waals surface area (Å²) >= 11 is 0. The standard InChI is InChI=1S/C24H26FN3O4/c1-14-22(27(2)18-9-5-16(6-10-18)15-3-7-17(25)8-4-15)32-24(30)28(14)19-11-12-20-21(13-19)31-23(29)26-20/h3-4,7-8,11-14,16,18,22H,5-6,9-10H2,1-2H3,(H,26,29)/t14-,16?,18?,22+/m0/s1. The van der Waals surface area contributed by atoms with Gasteiger partial charge in [-0.15, -0.1) is 0 Å². The summed E-state index contributed by atoms with van der Waals surface area (Å²) in [6.07, 6.45) is 3.22. The van der Waals surface area contributed by atoms with Gasteiger partial charge in [0.2, 0.25) is 0 Å². The highest BCUT2D eigenvalue weighted by Gasteiger charge is 2.44. The first-order valence-corrected chi connectivity index (χ1v) is 11.0. The van der Waals surface area contributed by atoms with Crippen molar-refractivity contribution in [2.24, 2.45) is 0 Å². The second-order valence-electron chi connectivity index (χ2n) is 8.80. The topological polar surface area (TPSA) is 78.8 Å². The minimum Gasteiger partial charge on any atom is -0.428 e. The Balaban J connectivity index is 1.27. The molecule has 0 bridgehead atoms. The van der Waals surface area contributed by atoms with E-state index >= 15 is 0 Å². The van der Waals surface area contributed by atoms with Crippen LogP contribution >= 0.6 is 0 Å². The molecule has 32 heavy (non-hydrogen) atoms. The molecule has 1 saturated heterocycles. The Morgan fingerprint density at radius 1 is 1.06 bits per heavy atom. The van der Waals surface area contributed by atoms with E-state index in [0.29, 0.717) is 28.7 Å². The van der Waals surface area contributed by atoms with Gasteiger partial charge in [0, 0.05) is 12.1 Å². The van der Waals surface area contributed by atoms with E-state index < -0.39 is 11.8 Å². The third kappa shape index (κ3) is 3.68. The molecule has 1 aromatic heterocycles. The van der Waals surface area contributed by atoms with Crippen LogP contribution < -0.4 is 10.7 Å². The number of nitrogens with zero attached hydrogens (tertiary/aromatic N) is 2. The predicted octanol–water partition coefficient (Wildman–Crippen LogP) is 4.59. The normalized spacial score (nSPS) is 26.1. The van der Waals surface area contributed by atoms with Gasteiger partial charge in [-0.3, -0.25) is 14.8 Å². The lowest BCUT2D eigenvalue weighted by Crippen LogP contribution is -2.48. The van der Waals surface area contributed by atoms with Crippen molar-refractivity contribution in [3.63, 3.8) is 0 Å². The van der Waals surface area contributed by atoms with Gasteiger partial charge in [0.15, 0.2) is 11.8 Å². The zero-order valence-corrected chi connectivity index (χ0v) is 18.1. The van der Waals surface area contributed by atoms with Crippen molar-refractivity contribution in [3.8, 4) is 0 Å². The SMILES string of the molecule is C[C@H]1[C@H](N(C)C2CCC(c3ccc(F)cc3)CC2)OC(=O)N1c1ccc2[nH]c(=O)oc2c1. The van der Waals surface area contributed by atoms with E-state index in [0.717, 1.165) is 25.7 Å². The number of benzene rings is 2. The number of H-pyrrole nitrogens is 1. The second kappa shape index (κ2) is 8.09. The van der Waals surface area contributed by atoms with Crippen molar-refractivity contribution in [2.45, 2.75) is 56.8 Å². The summed E-state index contributed by atoms with van der Waals surface area (Å²) in [4.78, 5) is 30.6. The molecule has 1 amide bonds. The van der Waals surface area contributed by atoms with Crippen molar-refractivity contribution >= 4 is 22.9 Å². The number of aromatic nitrogens is 1. The number of fused-ring (bicyclic) bond motifs is 1. The number of halogens is 1. The molecule has 0 spiro atoms. The average Bonchev–Trinajstić information content (AvgIpc) is 3.31. The van der Waals surface area contributed by atoms with E-state index in [1.165, 1.54) is 17.7 Å². The van der Waals surface area contributed by atoms with Crippen LogP contribution in [0.3, 0.4) is 0 Å². The third-order valence-corrected chi connectivity index (χ3v) is 6.94. The molecular weight excluding hydrogens is 413 g/mol. The fourth-order valence-corrected chi connectivity index (χ4v) is 5.16. The number of carbonyl (C=O) groups is 1. The molecule has 1 aliphatic carbocycles. The summed E-state index contributed by atoms with van der Waals surface area (Å²) in [5.74, 6) is -0.298. The number of amides is 1. The lowest BCUT2D eigenvalue weighted by atomic mass is 9.81. The fraction of sp³-hybridized carbons (Fsp3) is 0.417. The smallest absolute Gasteiger partial charge is 0.417 e. The number of hydrogen-bond donors (Lipinski definition) is 1. The van der Waals surface area contributed by atoms with Crippen LogP contribution in [-0.4, -0.2) is 41.3 Å². The van der Waals surface area contributed by atoms with Gasteiger partial charge in [-0.25, -0.2) is 14.0 Å². The number of aromatic amines is 1. The summed E-state index contributed by atoms with van der Waals surface area (Å²) in [7, 11) is 2.01. The first-order valence-electron chi connectivity index (χ1n) is 11.0. The number of ether oxygens (including phenoxy) is 1. The minimum atomic E-state index is -0.525. The number of oxazole rings is 1. The molecule has 0 unspecified atom stereocenters. The number of cyclic esters (lactones) is 1. The lowest BCUT2D eigenvalue weighted by molar-refractivity contribution is -0.0117. The largest absolute Gasteiger partial charge is 0.428 e. The highest BCUT2D eigenvalue weighted by molar-refractivity contribution is 5.92. The summed E-state index contributed by atoms with van der Waals surface area (Å²) in [5.41, 5.74) is 2.81. The van der Waals surface area contributed by atoms with Gasteiger partial charge in [-0.1, -0.05) is 12.1 Å². The Morgan fingerprint density at radius 3 is 2.50 bits per heavy atom. The van der Waals surface area contributed by atoms with Crippen LogP contribution in [0.4, 0.5) is 14.9 Å². The maximum absolute atomic E-state index is 13.2. The van der Waals surface area contributed by atoms with Crippen molar-refractivity contribution < 1.29 is 18.3 Å². The molecule has 2 aliphatic rings. The molecule has 2 aromatic carbocycles. The van der Waals surface area contributed by atoms with Gasteiger partial charge < -0.3 is 9.15 Å². The van der Waals surface area contributed by atoms with Crippen LogP contribution in [0.2, 0.25) is 0 Å². The van der Waals surface area contributed by atoms with Crippen LogP contribution in [0.25, 0.3) is 11.1 Å². The Labute approximate surface area is 184 Å². The first-order chi connectivity index (χ1) is 15.4. The molecule has 5 rings (SSSR count). The van der Waals surface area contributed by atoms with Gasteiger partial charge in [-0.05, 0) is 75.4 Å². The summed E-state index contributed by atoms with van der Waals surface area (Å²) in [6, 6.07) is 12.1. The maximum atomic E-state index is 13.2. The van der Waals surface area contributed by atoms with Gasteiger partial charge in [0.25, 0.3) is 0 Å². The van der Waals surface area contributed by atoms with Crippen LogP contribution in [0.5, 0.6) is 0 Å². The maximum Gasteiger partial charge on any atom is 0.417 e. The molecule has 3 aromatic rings. The number of nitrogens with one attached hydrogen (secondary N) is 1. The highest BCUT2D eigenvalue weighted by atomic mass is 19.1. The molecule has 1 N–H and O–H groups in total. The fourth-order valence-electron chi connectivity index (χ4n) is 5.16. The third-order valence-electron chi connectivity index (χ3n) is 6.94. The molecule has 2 atom stereocenters. The van der Waals surface area contributed by atoms with Crippen molar-refractivity contribution in [1.29, 1.82) is 0 Å². The molecule has 2 fully saturated rings. The number of anilines is 1. The number of hydrogen-bond acceptors (Lipinski definition) is 5. The number of likely N-dealkylation sites (N-methyl/N-ethyl adjacent to an activating group) is 1. The zero-order chi connectivity index (χ0) is 22.4. The molecule has 0 radical (unpaired) electrons. The van der Waals surface area contributed by atoms with Crippen molar-refractivity contribution in [3.05, 3.63) is 64.4 Å². The summed E-state index contributed by atoms with van der Waals surface area (Å²) < 4.78 is 24.1. The van der Waals surface area contributed by atoms with E-state index in [4.69, 9.17) is 9.15 Å². The van der Waals surface area contributed by atoms with E-state index in [-0.39, 0.29) is 18.1 Å². The second-order valence-corrected chi connectivity index (χ2v) is 8.80. The summed E-state index contributed by atoms with van der Waals surface area (Å²) in [5, 5.41) is 0. The van der Waals surface area contributed by atoms with E-state index in [1.54, 1.807) is 23.1 Å². The van der Waals surface area contributed by atoms with Crippen molar-refractivity contribution in [2.75, 3.05) is 11.9 Å². The Hall–Kier alpha value is -3.13. The zero-order valence-electron chi connectivity index (χ0n) is 18.1. The molecule has 1 aliphatic heterocycles. The Kier molecular flexibility index (Phi) is 5.25. The quantitative estimate of drug-likeness (QED) is 0.643. The predicted molar refractivity (Wildman–Crippen MR) is 118 cm³/mol. The summed E-state index contributed by atoms with van der Waals surface area (Å²) in [6.45, 7) is 1.97. The van der Waals surface area contributed by atoms with Gasteiger partial charge in [-0.2, -0.15) is 0 Å². The van der Waals surface area contributed by atoms with Gasteiger partial charge >= 0.3 is 11.8 Å². The molecule has 7 nitrogen and oxygen atoms in total. The van der Waals surface area contributed by atoms with Gasteiger partial charge in [0.1, 0.15) is 5.82 Å². The van der Waals surface area contributed by atoms with Crippen LogP contribution in [0.1, 0.15) is 44.1 Å². The number of rotatable bonds is 4. The van der Waals surface area contributed by atoms with E-state index in [1.807, 2.05) is 26.1 Å². The van der Waals surface area contributed by atoms with E-state index in [2.05, 4.69) is 9.88 Å². The monoisotopic (exact) mass is 439 g/mol. The Bertz CT molecular complexity index is 1180. The molecule has 2 heterocycles. The molecular formula is C24H26FN3O4. The van der Waals surface area contributed by atoms with Crippen LogP contribution in [0.15, 0.2) is 51.7 Å². The van der Waals surface area contributed by atoms with Crippen LogP contribution in [-0.2, 0) is 4.74 Å². The van der Waals surface area contributed by atoms with Crippen molar-refractivity contribution in [1.82, 2.24) is 9.88 Å². The molecule has 8 heteroatoms. The van der Waals surface area contributed by atoms with E-state index in [9.17, 15) is 14.0 Å². The number of carbonyl (C=O) groups excluding carboxylic acids is 1. The average molecular weight is 439 g/mol. The minimum absolute atomic E-state index is 0.203. The first kappa shape index (κ1) is 20.8. The molecule has 168 valence electrons. The van der Waals surface area contributed by atoms with Gasteiger partial charge in [0.05, 0.1) is 17.2 Å². The lowest BCUT2D eigenvalue weighted by Gasteiger charge is -2.38. The Morgan fingerprint density at radius 2 is 1.78 bits per heavy atom. The molecule has 1 saturated carbocycles. The van der Waals surface area contributed by atoms with Crippen LogP contribution in [0, 0.1) is 5.82 Å². The highest BCUT2D eigenvalue weighted by Crippen LogP contribution is 2.37.